The van der Waals surface area contributed by atoms with Crippen molar-refractivity contribution in [3.8, 4) is 0 Å². The summed E-state index contributed by atoms with van der Waals surface area (Å²) in [6.45, 7) is 2.03. The maximum atomic E-state index is 9.11. The predicted molar refractivity (Wildman–Crippen MR) is 59.2 cm³/mol. The molecule has 1 heterocycles. The van der Waals surface area contributed by atoms with Crippen LogP contribution < -0.4 is 11.1 Å². The van der Waals surface area contributed by atoms with Gasteiger partial charge in [0, 0.05) is 35.7 Å². The maximum Gasteiger partial charge on any atom is 0.0499 e. The number of aliphatic hydroxyl groups is 1. The van der Waals surface area contributed by atoms with Crippen LogP contribution in [0.25, 0.3) is 0 Å². The van der Waals surface area contributed by atoms with Gasteiger partial charge in [0.15, 0.2) is 0 Å². The van der Waals surface area contributed by atoms with E-state index < -0.39 is 0 Å². The van der Waals surface area contributed by atoms with E-state index in [2.05, 4.69) is 5.32 Å². The van der Waals surface area contributed by atoms with Crippen molar-refractivity contribution in [2.75, 3.05) is 18.9 Å². The summed E-state index contributed by atoms with van der Waals surface area (Å²) >= 11 is 1.68. The molecule has 0 bridgehead atoms. The number of nitrogens with one attached hydrogen (secondary N) is 1. The fourth-order valence-corrected chi connectivity index (χ4v) is 2.27. The van der Waals surface area contributed by atoms with E-state index in [1.165, 1.54) is 4.88 Å². The molecule has 1 fully saturated rings. The molecule has 1 saturated carbocycles. The number of rotatable bonds is 5. The maximum absolute atomic E-state index is 9.11. The number of hydrogen-bond donors (Lipinski definition) is 3. The lowest BCUT2D eigenvalue weighted by Crippen LogP contribution is -2.25. The minimum Gasteiger partial charge on any atom is -0.398 e. The first-order chi connectivity index (χ1) is 6.76. The second kappa shape index (κ2) is 3.88. The number of nitrogen functional groups attached to an aromatic ring is 1. The molecule has 1 aromatic rings. The average Bonchev–Trinajstić information content (AvgIpc) is 2.86. The quantitative estimate of drug-likeness (QED) is 0.687. The van der Waals surface area contributed by atoms with Gasteiger partial charge in [0.25, 0.3) is 0 Å². The Morgan fingerprint density at radius 3 is 2.86 bits per heavy atom. The number of thiophene rings is 1. The molecular weight excluding hydrogens is 196 g/mol. The minimum absolute atomic E-state index is 0.187. The monoisotopic (exact) mass is 212 g/mol. The van der Waals surface area contributed by atoms with E-state index in [0.717, 1.165) is 31.6 Å². The lowest BCUT2D eigenvalue weighted by Gasteiger charge is -2.12. The van der Waals surface area contributed by atoms with Crippen molar-refractivity contribution >= 4 is 17.0 Å². The Morgan fingerprint density at radius 1 is 1.57 bits per heavy atom. The van der Waals surface area contributed by atoms with Gasteiger partial charge in [-0.25, -0.2) is 0 Å². The molecule has 0 unspecified atom stereocenters. The molecule has 1 aliphatic carbocycles. The van der Waals surface area contributed by atoms with Gasteiger partial charge in [-0.3, -0.25) is 0 Å². The van der Waals surface area contributed by atoms with Crippen LogP contribution in [-0.4, -0.2) is 18.3 Å². The van der Waals surface area contributed by atoms with Crippen molar-refractivity contribution in [1.82, 2.24) is 5.32 Å². The summed E-state index contributed by atoms with van der Waals surface area (Å²) < 4.78 is 0. The Kier molecular flexibility index (Phi) is 2.76. The standard InChI is InChI=1S/C10H16N2OS/c11-8-1-4-14-9(8)5-12-6-10(7-13)2-3-10/h1,4,12-13H,2-3,5-7,11H2. The summed E-state index contributed by atoms with van der Waals surface area (Å²) in [6.07, 6.45) is 2.30. The van der Waals surface area contributed by atoms with Gasteiger partial charge in [-0.05, 0) is 24.3 Å². The zero-order chi connectivity index (χ0) is 10.0. The molecule has 0 atom stereocenters. The zero-order valence-electron chi connectivity index (χ0n) is 8.12. The van der Waals surface area contributed by atoms with Crippen LogP contribution in [0.3, 0.4) is 0 Å². The molecule has 4 heteroatoms. The third-order valence-electron chi connectivity index (χ3n) is 2.86. The summed E-state index contributed by atoms with van der Waals surface area (Å²) in [7, 11) is 0. The topological polar surface area (TPSA) is 58.3 Å². The molecular formula is C10H16N2OS. The Labute approximate surface area is 87.9 Å². The Balaban J connectivity index is 1.76. The average molecular weight is 212 g/mol. The number of aliphatic hydroxyl groups excluding tert-OH is 1. The van der Waals surface area contributed by atoms with Crippen LogP contribution in [0.4, 0.5) is 5.69 Å². The van der Waals surface area contributed by atoms with Crippen molar-refractivity contribution in [1.29, 1.82) is 0 Å². The normalized spacial score (nSPS) is 18.4. The summed E-state index contributed by atoms with van der Waals surface area (Å²) in [5, 5.41) is 14.5. The highest BCUT2D eigenvalue weighted by atomic mass is 32.1. The number of nitrogens with two attached hydrogens (primary N) is 1. The highest BCUT2D eigenvalue weighted by Gasteiger charge is 2.41. The minimum atomic E-state index is 0.187. The molecule has 0 aromatic carbocycles. The molecule has 0 aliphatic heterocycles. The van der Waals surface area contributed by atoms with E-state index in [1.807, 2.05) is 11.4 Å². The molecule has 3 nitrogen and oxygen atoms in total. The van der Waals surface area contributed by atoms with Gasteiger partial charge in [0.2, 0.25) is 0 Å². The molecule has 0 amide bonds. The van der Waals surface area contributed by atoms with E-state index >= 15 is 0 Å². The second-order valence-electron chi connectivity index (χ2n) is 4.06. The van der Waals surface area contributed by atoms with Gasteiger partial charge in [0.05, 0.1) is 0 Å². The van der Waals surface area contributed by atoms with Crippen LogP contribution in [0.15, 0.2) is 11.4 Å². The molecule has 0 radical (unpaired) electrons. The Morgan fingerprint density at radius 2 is 2.36 bits per heavy atom. The van der Waals surface area contributed by atoms with Crippen LogP contribution in [-0.2, 0) is 6.54 Å². The molecule has 2 rings (SSSR count). The van der Waals surface area contributed by atoms with E-state index in [9.17, 15) is 0 Å². The molecule has 1 aromatic heterocycles. The van der Waals surface area contributed by atoms with Crippen molar-refractivity contribution in [2.24, 2.45) is 5.41 Å². The fourth-order valence-electron chi connectivity index (χ4n) is 1.50. The van der Waals surface area contributed by atoms with Crippen LogP contribution >= 0.6 is 11.3 Å². The summed E-state index contributed by atoms with van der Waals surface area (Å²) in [4.78, 5) is 1.19. The molecule has 4 N–H and O–H groups in total. The van der Waals surface area contributed by atoms with Crippen LogP contribution in [0.1, 0.15) is 17.7 Å². The number of anilines is 1. The molecule has 1 aliphatic rings. The predicted octanol–water partition coefficient (Wildman–Crippen LogP) is 1.19. The molecule has 78 valence electrons. The lowest BCUT2D eigenvalue weighted by atomic mass is 10.1. The van der Waals surface area contributed by atoms with Gasteiger partial charge >= 0.3 is 0 Å². The van der Waals surface area contributed by atoms with Crippen molar-refractivity contribution in [2.45, 2.75) is 19.4 Å². The summed E-state index contributed by atoms with van der Waals surface area (Å²) in [6, 6.07) is 1.93. The van der Waals surface area contributed by atoms with E-state index in [1.54, 1.807) is 11.3 Å². The third-order valence-corrected chi connectivity index (χ3v) is 3.79. The SMILES string of the molecule is Nc1ccsc1CNCC1(CO)CC1. The van der Waals surface area contributed by atoms with E-state index in [4.69, 9.17) is 10.8 Å². The first-order valence-corrected chi connectivity index (χ1v) is 5.77. The van der Waals surface area contributed by atoms with Crippen LogP contribution in [0, 0.1) is 5.41 Å². The van der Waals surface area contributed by atoms with Gasteiger partial charge < -0.3 is 16.2 Å². The van der Waals surface area contributed by atoms with Gasteiger partial charge in [-0.2, -0.15) is 0 Å². The van der Waals surface area contributed by atoms with Gasteiger partial charge in [-0.15, -0.1) is 11.3 Å². The van der Waals surface area contributed by atoms with E-state index in [0.29, 0.717) is 6.61 Å². The van der Waals surface area contributed by atoms with Gasteiger partial charge in [-0.1, -0.05) is 0 Å². The zero-order valence-corrected chi connectivity index (χ0v) is 8.94. The fraction of sp³-hybridized carbons (Fsp3) is 0.600. The van der Waals surface area contributed by atoms with Crippen LogP contribution in [0.5, 0.6) is 0 Å². The Bertz CT molecular complexity index is 307. The highest BCUT2D eigenvalue weighted by molar-refractivity contribution is 7.10. The van der Waals surface area contributed by atoms with Crippen LogP contribution in [0.2, 0.25) is 0 Å². The lowest BCUT2D eigenvalue weighted by molar-refractivity contribution is 0.207. The first-order valence-electron chi connectivity index (χ1n) is 4.89. The molecule has 0 saturated heterocycles. The van der Waals surface area contributed by atoms with Crippen molar-refractivity contribution in [3.05, 3.63) is 16.3 Å². The Hall–Kier alpha value is -0.580. The summed E-state index contributed by atoms with van der Waals surface area (Å²) in [5.41, 5.74) is 6.82. The smallest absolute Gasteiger partial charge is 0.0499 e. The first kappa shape index (κ1) is 9.96. The summed E-state index contributed by atoms with van der Waals surface area (Å²) in [5.74, 6) is 0. The molecule has 0 spiro atoms. The van der Waals surface area contributed by atoms with E-state index in [-0.39, 0.29) is 5.41 Å². The van der Waals surface area contributed by atoms with Gasteiger partial charge in [0.1, 0.15) is 0 Å². The molecule has 14 heavy (non-hydrogen) atoms. The van der Waals surface area contributed by atoms with Crippen molar-refractivity contribution in [3.63, 3.8) is 0 Å². The second-order valence-corrected chi connectivity index (χ2v) is 5.06. The number of hydrogen-bond acceptors (Lipinski definition) is 4. The largest absolute Gasteiger partial charge is 0.398 e. The highest BCUT2D eigenvalue weighted by Crippen LogP contribution is 2.44. The third kappa shape index (κ3) is 2.08. The van der Waals surface area contributed by atoms with Crippen molar-refractivity contribution < 1.29 is 5.11 Å².